The summed E-state index contributed by atoms with van der Waals surface area (Å²) in [6.07, 6.45) is 3.50. The van der Waals surface area contributed by atoms with Gasteiger partial charge in [-0.2, -0.15) is 8.78 Å². The summed E-state index contributed by atoms with van der Waals surface area (Å²) in [6, 6.07) is 0. The molecular formula is C12H15F2N3O2. The largest absolute Gasteiger partial charge is 0.383 e. The van der Waals surface area contributed by atoms with Crippen molar-refractivity contribution in [1.82, 2.24) is 9.97 Å². The fraction of sp³-hybridized carbons (Fsp3) is 0.583. The van der Waals surface area contributed by atoms with Crippen LogP contribution in [0.25, 0.3) is 0 Å². The van der Waals surface area contributed by atoms with Crippen molar-refractivity contribution < 1.29 is 18.7 Å². The third kappa shape index (κ3) is 2.42. The Labute approximate surface area is 109 Å². The Kier molecular flexibility index (Phi) is 3.49. The van der Waals surface area contributed by atoms with Crippen molar-refractivity contribution in [3.8, 4) is 0 Å². The summed E-state index contributed by atoms with van der Waals surface area (Å²) in [4.78, 5) is 19.3. The predicted octanol–water partition coefficient (Wildman–Crippen LogP) is 1.53. The van der Waals surface area contributed by atoms with E-state index in [-0.39, 0.29) is 18.5 Å². The van der Waals surface area contributed by atoms with Gasteiger partial charge >= 0.3 is 5.92 Å². The van der Waals surface area contributed by atoms with Gasteiger partial charge in [-0.15, -0.1) is 0 Å². The maximum atomic E-state index is 13.8. The van der Waals surface area contributed by atoms with E-state index in [2.05, 4.69) is 9.97 Å². The minimum Gasteiger partial charge on any atom is -0.383 e. The van der Waals surface area contributed by atoms with E-state index in [9.17, 15) is 18.7 Å². The highest BCUT2D eigenvalue weighted by Gasteiger charge is 2.61. The first kappa shape index (κ1) is 13.8. The normalized spacial score (nSPS) is 17.7. The van der Waals surface area contributed by atoms with E-state index in [4.69, 9.17) is 0 Å². The fourth-order valence-electron chi connectivity index (χ4n) is 1.85. The van der Waals surface area contributed by atoms with E-state index in [0.717, 1.165) is 0 Å². The Morgan fingerprint density at radius 2 is 2.05 bits per heavy atom. The van der Waals surface area contributed by atoms with Crippen molar-refractivity contribution in [2.45, 2.75) is 44.1 Å². The summed E-state index contributed by atoms with van der Waals surface area (Å²) < 4.78 is 27.5. The summed E-state index contributed by atoms with van der Waals surface area (Å²) in [5.41, 5.74) is -2.13. The third-order valence-corrected chi connectivity index (χ3v) is 3.33. The molecule has 0 saturated heterocycles. The van der Waals surface area contributed by atoms with Crippen LogP contribution in [0.4, 0.5) is 14.5 Å². The van der Waals surface area contributed by atoms with Gasteiger partial charge < -0.3 is 10.4 Å². The SMILES string of the molecule is CCc1ncc(NC(=O)C(F)(F)C2(O)CCC2)cn1. The molecular weight excluding hydrogens is 256 g/mol. The number of halogens is 2. The Bertz CT molecular complexity index is 472. The van der Waals surface area contributed by atoms with Crippen LogP contribution in [0, 0.1) is 0 Å². The van der Waals surface area contributed by atoms with Crippen molar-refractivity contribution in [2.75, 3.05) is 5.32 Å². The summed E-state index contributed by atoms with van der Waals surface area (Å²) in [5, 5.41) is 11.7. The molecule has 1 aliphatic carbocycles. The molecule has 1 aromatic heterocycles. The first-order chi connectivity index (χ1) is 8.89. The molecule has 104 valence electrons. The minimum absolute atomic E-state index is 0.0707. The number of nitrogens with one attached hydrogen (secondary N) is 1. The lowest BCUT2D eigenvalue weighted by atomic mass is 9.75. The van der Waals surface area contributed by atoms with Crippen LogP contribution >= 0.6 is 0 Å². The monoisotopic (exact) mass is 271 g/mol. The van der Waals surface area contributed by atoms with E-state index in [0.29, 0.717) is 18.7 Å². The second-order valence-electron chi connectivity index (χ2n) is 4.66. The Hall–Kier alpha value is -1.63. The van der Waals surface area contributed by atoms with Gasteiger partial charge in [0, 0.05) is 6.42 Å². The zero-order valence-corrected chi connectivity index (χ0v) is 10.5. The molecule has 2 rings (SSSR count). The molecule has 1 amide bonds. The third-order valence-electron chi connectivity index (χ3n) is 3.33. The molecule has 1 aromatic rings. The van der Waals surface area contributed by atoms with Crippen LogP contribution in [0.5, 0.6) is 0 Å². The van der Waals surface area contributed by atoms with Gasteiger partial charge in [-0.3, -0.25) is 4.79 Å². The molecule has 7 heteroatoms. The average molecular weight is 271 g/mol. The molecule has 5 nitrogen and oxygen atoms in total. The van der Waals surface area contributed by atoms with Gasteiger partial charge in [-0.1, -0.05) is 6.92 Å². The number of alkyl halides is 2. The van der Waals surface area contributed by atoms with Crippen LogP contribution in [0.3, 0.4) is 0 Å². The van der Waals surface area contributed by atoms with E-state index >= 15 is 0 Å². The van der Waals surface area contributed by atoms with Gasteiger partial charge in [0.15, 0.2) is 0 Å². The van der Waals surface area contributed by atoms with Crippen molar-refractivity contribution in [3.05, 3.63) is 18.2 Å². The maximum Gasteiger partial charge on any atom is 0.352 e. The van der Waals surface area contributed by atoms with Gasteiger partial charge in [0.25, 0.3) is 5.91 Å². The molecule has 0 radical (unpaired) electrons. The molecule has 0 aliphatic heterocycles. The van der Waals surface area contributed by atoms with Crippen LogP contribution < -0.4 is 5.32 Å². The average Bonchev–Trinajstić information content (AvgIpc) is 2.36. The zero-order chi connectivity index (χ0) is 14.1. The first-order valence-corrected chi connectivity index (χ1v) is 6.11. The number of rotatable bonds is 4. The van der Waals surface area contributed by atoms with E-state index in [1.165, 1.54) is 12.4 Å². The second kappa shape index (κ2) is 4.80. The van der Waals surface area contributed by atoms with Crippen molar-refractivity contribution in [3.63, 3.8) is 0 Å². The lowest BCUT2D eigenvalue weighted by Crippen LogP contribution is -2.59. The molecule has 1 aliphatic rings. The van der Waals surface area contributed by atoms with Gasteiger partial charge in [-0.05, 0) is 19.3 Å². The van der Waals surface area contributed by atoms with E-state index in [1.807, 2.05) is 12.2 Å². The highest BCUT2D eigenvalue weighted by Crippen LogP contribution is 2.44. The highest BCUT2D eigenvalue weighted by molar-refractivity contribution is 5.96. The standard InChI is InChI=1S/C12H15F2N3O2/c1-2-9-15-6-8(7-16-9)17-10(18)12(13,14)11(19)4-3-5-11/h6-7,19H,2-5H2,1H3,(H,17,18). The number of aromatic nitrogens is 2. The van der Waals surface area contributed by atoms with Gasteiger partial charge in [0.1, 0.15) is 11.4 Å². The number of hydrogen-bond donors (Lipinski definition) is 2. The fourth-order valence-corrected chi connectivity index (χ4v) is 1.85. The van der Waals surface area contributed by atoms with Crippen LogP contribution in [0.15, 0.2) is 12.4 Å². The lowest BCUT2D eigenvalue weighted by molar-refractivity contribution is -0.212. The topological polar surface area (TPSA) is 75.1 Å². The van der Waals surface area contributed by atoms with Gasteiger partial charge in [0.05, 0.1) is 18.1 Å². The Balaban J connectivity index is 2.07. The first-order valence-electron chi connectivity index (χ1n) is 6.11. The highest BCUT2D eigenvalue weighted by atomic mass is 19.3. The van der Waals surface area contributed by atoms with Crippen LogP contribution in [0.2, 0.25) is 0 Å². The minimum atomic E-state index is -3.81. The molecule has 1 heterocycles. The van der Waals surface area contributed by atoms with Crippen LogP contribution in [-0.4, -0.2) is 32.5 Å². The number of aliphatic hydroxyl groups is 1. The molecule has 0 atom stereocenters. The van der Waals surface area contributed by atoms with Gasteiger partial charge in [-0.25, -0.2) is 9.97 Å². The number of anilines is 1. The summed E-state index contributed by atoms with van der Waals surface area (Å²) >= 11 is 0. The number of hydrogen-bond acceptors (Lipinski definition) is 4. The molecule has 0 aromatic carbocycles. The molecule has 1 fully saturated rings. The molecule has 0 unspecified atom stereocenters. The molecule has 0 spiro atoms. The number of carbonyl (C=O) groups is 1. The number of aryl methyl sites for hydroxylation is 1. The Morgan fingerprint density at radius 1 is 1.47 bits per heavy atom. The van der Waals surface area contributed by atoms with Crippen molar-refractivity contribution >= 4 is 11.6 Å². The Morgan fingerprint density at radius 3 is 2.47 bits per heavy atom. The van der Waals surface area contributed by atoms with Gasteiger partial charge in [0.2, 0.25) is 0 Å². The summed E-state index contributed by atoms with van der Waals surface area (Å²) in [6.45, 7) is 1.86. The lowest BCUT2D eigenvalue weighted by Gasteiger charge is -2.41. The van der Waals surface area contributed by atoms with E-state index in [1.54, 1.807) is 0 Å². The molecule has 1 saturated carbocycles. The van der Waals surface area contributed by atoms with Crippen molar-refractivity contribution in [1.29, 1.82) is 0 Å². The number of carbonyl (C=O) groups excluding carboxylic acids is 1. The second-order valence-corrected chi connectivity index (χ2v) is 4.66. The predicted molar refractivity (Wildman–Crippen MR) is 63.8 cm³/mol. The van der Waals surface area contributed by atoms with E-state index < -0.39 is 17.4 Å². The summed E-state index contributed by atoms with van der Waals surface area (Å²) in [5.74, 6) is -4.78. The number of nitrogens with zero attached hydrogens (tertiary/aromatic N) is 2. The quantitative estimate of drug-likeness (QED) is 0.870. The maximum absolute atomic E-state index is 13.8. The zero-order valence-electron chi connectivity index (χ0n) is 10.5. The molecule has 0 bridgehead atoms. The van der Waals surface area contributed by atoms with Crippen LogP contribution in [-0.2, 0) is 11.2 Å². The number of amides is 1. The molecule has 2 N–H and O–H groups in total. The van der Waals surface area contributed by atoms with Crippen LogP contribution in [0.1, 0.15) is 32.0 Å². The molecule has 19 heavy (non-hydrogen) atoms. The van der Waals surface area contributed by atoms with Crippen molar-refractivity contribution in [2.24, 2.45) is 0 Å². The summed E-state index contributed by atoms with van der Waals surface area (Å²) in [7, 11) is 0. The smallest absolute Gasteiger partial charge is 0.352 e.